The predicted molar refractivity (Wildman–Crippen MR) is 50.5 cm³/mol. The van der Waals surface area contributed by atoms with Gasteiger partial charge in [0.05, 0.1) is 0 Å². The van der Waals surface area contributed by atoms with Crippen LogP contribution in [0.15, 0.2) is 24.3 Å². The first-order chi connectivity index (χ1) is 5.11. The van der Waals surface area contributed by atoms with Crippen molar-refractivity contribution in [2.24, 2.45) is 11.8 Å². The molecule has 0 unspecified atom stereocenters. The van der Waals surface area contributed by atoms with Gasteiger partial charge in [-0.25, -0.2) is 0 Å². The SMILES string of the molecule is C=C1CC[C@@H](C(C)C)C(=C)C1. The molecule has 0 heterocycles. The smallest absolute Gasteiger partial charge is 0.0111 e. The van der Waals surface area contributed by atoms with E-state index in [2.05, 4.69) is 27.0 Å². The summed E-state index contributed by atoms with van der Waals surface area (Å²) in [5.74, 6) is 1.51. The van der Waals surface area contributed by atoms with Gasteiger partial charge in [-0.3, -0.25) is 0 Å². The van der Waals surface area contributed by atoms with Crippen molar-refractivity contribution in [1.82, 2.24) is 0 Å². The van der Waals surface area contributed by atoms with Crippen LogP contribution < -0.4 is 0 Å². The van der Waals surface area contributed by atoms with Crippen LogP contribution in [0.2, 0.25) is 0 Å². The van der Waals surface area contributed by atoms with Crippen molar-refractivity contribution in [3.8, 4) is 0 Å². The molecule has 0 bridgehead atoms. The topological polar surface area (TPSA) is 0 Å². The quantitative estimate of drug-likeness (QED) is 0.501. The Morgan fingerprint density at radius 1 is 1.36 bits per heavy atom. The van der Waals surface area contributed by atoms with Gasteiger partial charge in [0.25, 0.3) is 0 Å². The first-order valence-corrected chi connectivity index (χ1v) is 4.45. The maximum Gasteiger partial charge on any atom is -0.0111 e. The highest BCUT2D eigenvalue weighted by atomic mass is 14.3. The predicted octanol–water partition coefficient (Wildman–Crippen LogP) is 3.55. The Kier molecular flexibility index (Phi) is 2.53. The minimum Gasteiger partial charge on any atom is -0.0995 e. The standard InChI is InChI=1S/C11H18/c1-8(2)11-6-5-9(3)7-10(11)4/h8,11H,3-7H2,1-2H3/t11-/m0/s1. The number of allylic oxidation sites excluding steroid dienone is 2. The lowest BCUT2D eigenvalue weighted by Gasteiger charge is -2.28. The van der Waals surface area contributed by atoms with Crippen molar-refractivity contribution in [3.63, 3.8) is 0 Å². The molecule has 1 fully saturated rings. The summed E-state index contributed by atoms with van der Waals surface area (Å²) in [5, 5.41) is 0. The second kappa shape index (κ2) is 3.25. The summed E-state index contributed by atoms with van der Waals surface area (Å²) in [6.45, 7) is 12.7. The lowest BCUT2D eigenvalue weighted by molar-refractivity contribution is 0.389. The summed E-state index contributed by atoms with van der Waals surface area (Å²) in [5.41, 5.74) is 2.77. The first kappa shape index (κ1) is 8.58. The highest BCUT2D eigenvalue weighted by Gasteiger charge is 2.21. The molecule has 0 amide bonds. The minimum atomic E-state index is 0.750. The lowest BCUT2D eigenvalue weighted by atomic mass is 9.77. The monoisotopic (exact) mass is 150 g/mol. The fourth-order valence-corrected chi connectivity index (χ4v) is 1.91. The van der Waals surface area contributed by atoms with Gasteiger partial charge in [-0.2, -0.15) is 0 Å². The molecule has 1 atom stereocenters. The summed E-state index contributed by atoms with van der Waals surface area (Å²) in [6, 6.07) is 0. The van der Waals surface area contributed by atoms with Crippen molar-refractivity contribution in [2.45, 2.75) is 33.1 Å². The number of rotatable bonds is 1. The molecule has 0 aromatic rings. The first-order valence-electron chi connectivity index (χ1n) is 4.45. The lowest BCUT2D eigenvalue weighted by Crippen LogP contribution is -2.16. The van der Waals surface area contributed by atoms with E-state index in [-0.39, 0.29) is 0 Å². The van der Waals surface area contributed by atoms with E-state index in [0.717, 1.165) is 18.3 Å². The van der Waals surface area contributed by atoms with Crippen LogP contribution in [0.25, 0.3) is 0 Å². The molecule has 0 aromatic carbocycles. The van der Waals surface area contributed by atoms with Crippen LogP contribution >= 0.6 is 0 Å². The molecule has 0 aliphatic heterocycles. The molecule has 0 saturated heterocycles. The molecular formula is C11H18. The zero-order chi connectivity index (χ0) is 8.43. The average Bonchev–Trinajstić information content (AvgIpc) is 1.85. The molecule has 0 nitrogen and oxygen atoms in total. The Hall–Kier alpha value is -0.520. The van der Waals surface area contributed by atoms with E-state index in [9.17, 15) is 0 Å². The van der Waals surface area contributed by atoms with E-state index in [1.54, 1.807) is 0 Å². The molecule has 62 valence electrons. The van der Waals surface area contributed by atoms with Gasteiger partial charge in [0.15, 0.2) is 0 Å². The summed E-state index contributed by atoms with van der Waals surface area (Å²) >= 11 is 0. The average molecular weight is 150 g/mol. The van der Waals surface area contributed by atoms with Gasteiger partial charge in [-0.1, -0.05) is 38.2 Å². The summed E-state index contributed by atoms with van der Waals surface area (Å²) in [7, 11) is 0. The maximum absolute atomic E-state index is 4.11. The molecular weight excluding hydrogens is 132 g/mol. The molecule has 0 radical (unpaired) electrons. The van der Waals surface area contributed by atoms with Crippen molar-refractivity contribution in [1.29, 1.82) is 0 Å². The Morgan fingerprint density at radius 2 is 2.00 bits per heavy atom. The molecule has 1 saturated carbocycles. The molecule has 11 heavy (non-hydrogen) atoms. The molecule has 1 aliphatic rings. The Bertz CT molecular complexity index is 174. The van der Waals surface area contributed by atoms with Crippen molar-refractivity contribution < 1.29 is 0 Å². The zero-order valence-electron chi connectivity index (χ0n) is 7.69. The van der Waals surface area contributed by atoms with Gasteiger partial charge in [0, 0.05) is 0 Å². The minimum absolute atomic E-state index is 0.750. The second-order valence-corrected chi connectivity index (χ2v) is 3.97. The number of hydrogen-bond acceptors (Lipinski definition) is 0. The highest BCUT2D eigenvalue weighted by molar-refractivity contribution is 5.17. The molecule has 0 spiro atoms. The van der Waals surface area contributed by atoms with Crippen LogP contribution in [0.1, 0.15) is 33.1 Å². The summed E-state index contributed by atoms with van der Waals surface area (Å²) in [6.07, 6.45) is 3.56. The molecule has 0 N–H and O–H groups in total. The van der Waals surface area contributed by atoms with E-state index in [4.69, 9.17) is 0 Å². The zero-order valence-corrected chi connectivity index (χ0v) is 7.69. The van der Waals surface area contributed by atoms with Crippen LogP contribution in [-0.2, 0) is 0 Å². The van der Waals surface area contributed by atoms with Crippen LogP contribution in [0, 0.1) is 11.8 Å². The largest absolute Gasteiger partial charge is 0.0995 e. The van der Waals surface area contributed by atoms with Gasteiger partial charge in [-0.15, -0.1) is 0 Å². The van der Waals surface area contributed by atoms with Gasteiger partial charge in [-0.05, 0) is 31.1 Å². The van der Waals surface area contributed by atoms with Gasteiger partial charge < -0.3 is 0 Å². The van der Waals surface area contributed by atoms with Crippen LogP contribution in [-0.4, -0.2) is 0 Å². The van der Waals surface area contributed by atoms with E-state index in [1.807, 2.05) is 0 Å². The van der Waals surface area contributed by atoms with E-state index >= 15 is 0 Å². The fraction of sp³-hybridized carbons (Fsp3) is 0.636. The molecule has 1 rings (SSSR count). The molecule has 0 heteroatoms. The van der Waals surface area contributed by atoms with Crippen molar-refractivity contribution >= 4 is 0 Å². The van der Waals surface area contributed by atoms with Gasteiger partial charge >= 0.3 is 0 Å². The third-order valence-electron chi connectivity index (χ3n) is 2.62. The normalized spacial score (nSPS) is 26.3. The van der Waals surface area contributed by atoms with E-state index in [0.29, 0.717) is 0 Å². The Balaban J connectivity index is 2.57. The van der Waals surface area contributed by atoms with Crippen LogP contribution in [0.4, 0.5) is 0 Å². The van der Waals surface area contributed by atoms with Crippen LogP contribution in [0.3, 0.4) is 0 Å². The third-order valence-corrected chi connectivity index (χ3v) is 2.62. The van der Waals surface area contributed by atoms with E-state index < -0.39 is 0 Å². The summed E-state index contributed by atoms with van der Waals surface area (Å²) in [4.78, 5) is 0. The summed E-state index contributed by atoms with van der Waals surface area (Å²) < 4.78 is 0. The van der Waals surface area contributed by atoms with Crippen molar-refractivity contribution in [2.75, 3.05) is 0 Å². The highest BCUT2D eigenvalue weighted by Crippen LogP contribution is 2.35. The Labute approximate surface area is 70.0 Å². The molecule has 0 aromatic heterocycles. The third kappa shape index (κ3) is 1.95. The van der Waals surface area contributed by atoms with Crippen LogP contribution in [0.5, 0.6) is 0 Å². The van der Waals surface area contributed by atoms with Gasteiger partial charge in [0.1, 0.15) is 0 Å². The maximum atomic E-state index is 4.11. The Morgan fingerprint density at radius 3 is 2.45 bits per heavy atom. The van der Waals surface area contributed by atoms with Crippen molar-refractivity contribution in [3.05, 3.63) is 24.3 Å². The fourth-order valence-electron chi connectivity index (χ4n) is 1.91. The second-order valence-electron chi connectivity index (χ2n) is 3.97. The molecule has 1 aliphatic carbocycles. The number of hydrogen-bond donors (Lipinski definition) is 0. The van der Waals surface area contributed by atoms with E-state index in [1.165, 1.54) is 24.0 Å². The van der Waals surface area contributed by atoms with Gasteiger partial charge in [0.2, 0.25) is 0 Å².